The fraction of sp³-hybridized carbons (Fsp3) is 0.273. The second kappa shape index (κ2) is 3.52. The third-order valence-electron chi connectivity index (χ3n) is 2.25. The Morgan fingerprint density at radius 1 is 1.46 bits per heavy atom. The van der Waals surface area contributed by atoms with Gasteiger partial charge in [-0.2, -0.15) is 0 Å². The van der Waals surface area contributed by atoms with Gasteiger partial charge in [0.25, 0.3) is 0 Å². The van der Waals surface area contributed by atoms with Crippen LogP contribution in [0.3, 0.4) is 0 Å². The number of rotatable bonds is 2. The van der Waals surface area contributed by atoms with Crippen LogP contribution < -0.4 is 10.5 Å². The molecule has 1 aliphatic rings. The molecule has 2 N–H and O–H groups in total. The molecule has 0 saturated heterocycles. The molecule has 2 nitrogen and oxygen atoms in total. The van der Waals surface area contributed by atoms with Crippen molar-refractivity contribution in [3.05, 3.63) is 42.1 Å². The lowest BCUT2D eigenvalue weighted by Crippen LogP contribution is -2.11. The van der Waals surface area contributed by atoms with Crippen molar-refractivity contribution in [2.75, 3.05) is 0 Å². The molecule has 13 heavy (non-hydrogen) atoms. The maximum atomic E-state index is 5.70. The molecule has 0 bridgehead atoms. The van der Waals surface area contributed by atoms with Gasteiger partial charge in [0.05, 0.1) is 0 Å². The Balaban J connectivity index is 2.05. The molecular formula is C11H13NO. The predicted octanol–water partition coefficient (Wildman–Crippen LogP) is 1.85. The van der Waals surface area contributed by atoms with E-state index in [0.29, 0.717) is 0 Å². The molecule has 0 aliphatic carbocycles. The van der Waals surface area contributed by atoms with Gasteiger partial charge in [0.2, 0.25) is 0 Å². The van der Waals surface area contributed by atoms with Gasteiger partial charge >= 0.3 is 0 Å². The first-order valence-electron chi connectivity index (χ1n) is 4.51. The summed E-state index contributed by atoms with van der Waals surface area (Å²) in [6.45, 7) is 0. The molecule has 1 unspecified atom stereocenters. The summed E-state index contributed by atoms with van der Waals surface area (Å²) in [6, 6.07) is 8.17. The molecule has 0 radical (unpaired) electrons. The topological polar surface area (TPSA) is 35.2 Å². The zero-order valence-corrected chi connectivity index (χ0v) is 7.44. The molecular weight excluding hydrogens is 162 g/mol. The number of hydrogen-bond acceptors (Lipinski definition) is 2. The summed E-state index contributed by atoms with van der Waals surface area (Å²) in [5.41, 5.74) is 6.58. The largest absolute Gasteiger partial charge is 0.489 e. The third-order valence-corrected chi connectivity index (χ3v) is 2.25. The summed E-state index contributed by atoms with van der Waals surface area (Å²) in [5.74, 6) is 1.03. The standard InChI is InChI=1S/C11H13NO/c12-7-3-5-10-8-9-4-1-2-6-11(9)13-10/h1-4,6-7,10H,5,8,12H2. The number of hydrogen-bond donors (Lipinski definition) is 1. The Labute approximate surface area is 78.0 Å². The molecule has 2 rings (SSSR count). The third kappa shape index (κ3) is 1.66. The van der Waals surface area contributed by atoms with Gasteiger partial charge in [-0.25, -0.2) is 0 Å². The Kier molecular flexibility index (Phi) is 2.21. The summed E-state index contributed by atoms with van der Waals surface area (Å²) < 4.78 is 5.70. The molecule has 68 valence electrons. The van der Waals surface area contributed by atoms with Crippen molar-refractivity contribution in [1.29, 1.82) is 0 Å². The Hall–Kier alpha value is -1.44. The minimum Gasteiger partial charge on any atom is -0.489 e. The summed E-state index contributed by atoms with van der Waals surface area (Å²) in [4.78, 5) is 0. The van der Waals surface area contributed by atoms with Gasteiger partial charge in [-0.15, -0.1) is 0 Å². The lowest BCUT2D eigenvalue weighted by atomic mass is 10.1. The number of fused-ring (bicyclic) bond motifs is 1. The zero-order chi connectivity index (χ0) is 9.10. The van der Waals surface area contributed by atoms with E-state index in [1.54, 1.807) is 6.20 Å². The molecule has 1 aliphatic heterocycles. The smallest absolute Gasteiger partial charge is 0.123 e. The van der Waals surface area contributed by atoms with Crippen LogP contribution in [0.1, 0.15) is 12.0 Å². The molecule has 0 saturated carbocycles. The van der Waals surface area contributed by atoms with Crippen LogP contribution in [0, 0.1) is 0 Å². The van der Waals surface area contributed by atoms with Gasteiger partial charge < -0.3 is 10.5 Å². The summed E-state index contributed by atoms with van der Waals surface area (Å²) in [5, 5.41) is 0. The van der Waals surface area contributed by atoms with Gasteiger partial charge in [0.1, 0.15) is 11.9 Å². The van der Waals surface area contributed by atoms with Crippen molar-refractivity contribution in [2.45, 2.75) is 18.9 Å². The van der Waals surface area contributed by atoms with Crippen LogP contribution >= 0.6 is 0 Å². The van der Waals surface area contributed by atoms with Crippen LogP contribution in [0.2, 0.25) is 0 Å². The first-order valence-corrected chi connectivity index (χ1v) is 4.51. The quantitative estimate of drug-likeness (QED) is 0.744. The van der Waals surface area contributed by atoms with E-state index >= 15 is 0 Å². The van der Waals surface area contributed by atoms with Crippen LogP contribution in [-0.4, -0.2) is 6.10 Å². The van der Waals surface area contributed by atoms with E-state index in [2.05, 4.69) is 6.07 Å². The SMILES string of the molecule is NC=CCC1Cc2ccccc2O1. The van der Waals surface area contributed by atoms with Gasteiger partial charge in [0.15, 0.2) is 0 Å². The van der Waals surface area contributed by atoms with Crippen molar-refractivity contribution in [3.8, 4) is 5.75 Å². The second-order valence-corrected chi connectivity index (χ2v) is 3.22. The summed E-state index contributed by atoms with van der Waals surface area (Å²) in [7, 11) is 0. The molecule has 1 atom stereocenters. The average molecular weight is 175 g/mol. The van der Waals surface area contributed by atoms with Crippen molar-refractivity contribution >= 4 is 0 Å². The van der Waals surface area contributed by atoms with Crippen molar-refractivity contribution in [2.24, 2.45) is 5.73 Å². The van der Waals surface area contributed by atoms with E-state index < -0.39 is 0 Å². The fourth-order valence-corrected chi connectivity index (χ4v) is 1.62. The second-order valence-electron chi connectivity index (χ2n) is 3.22. The normalized spacial score (nSPS) is 20.2. The van der Waals surface area contributed by atoms with Gasteiger partial charge in [0, 0.05) is 12.8 Å². The highest BCUT2D eigenvalue weighted by Crippen LogP contribution is 2.29. The van der Waals surface area contributed by atoms with Gasteiger partial charge in [-0.3, -0.25) is 0 Å². The first kappa shape index (κ1) is 8.17. The zero-order valence-electron chi connectivity index (χ0n) is 7.44. The lowest BCUT2D eigenvalue weighted by molar-refractivity contribution is 0.236. The van der Waals surface area contributed by atoms with E-state index in [9.17, 15) is 0 Å². The monoisotopic (exact) mass is 175 g/mol. The van der Waals surface area contributed by atoms with E-state index in [1.165, 1.54) is 5.56 Å². The van der Waals surface area contributed by atoms with Crippen molar-refractivity contribution in [3.63, 3.8) is 0 Å². The molecule has 1 aromatic carbocycles. The van der Waals surface area contributed by atoms with Crippen molar-refractivity contribution in [1.82, 2.24) is 0 Å². The Morgan fingerprint density at radius 3 is 3.08 bits per heavy atom. The molecule has 1 heterocycles. The molecule has 0 fully saturated rings. The number of nitrogens with two attached hydrogens (primary N) is 1. The van der Waals surface area contributed by atoms with E-state index in [4.69, 9.17) is 10.5 Å². The van der Waals surface area contributed by atoms with Gasteiger partial charge in [-0.1, -0.05) is 24.3 Å². The maximum absolute atomic E-state index is 5.70. The molecule has 1 aromatic rings. The van der Waals surface area contributed by atoms with E-state index in [1.807, 2.05) is 24.3 Å². The van der Waals surface area contributed by atoms with Crippen LogP contribution in [0.15, 0.2) is 36.5 Å². The highest BCUT2D eigenvalue weighted by atomic mass is 16.5. The lowest BCUT2D eigenvalue weighted by Gasteiger charge is -2.06. The van der Waals surface area contributed by atoms with E-state index in [-0.39, 0.29) is 6.10 Å². The average Bonchev–Trinajstić information content (AvgIpc) is 2.57. The van der Waals surface area contributed by atoms with E-state index in [0.717, 1.165) is 18.6 Å². The molecule has 0 amide bonds. The van der Waals surface area contributed by atoms with Crippen LogP contribution in [0.4, 0.5) is 0 Å². The summed E-state index contributed by atoms with van der Waals surface area (Å²) in [6.07, 6.45) is 5.69. The molecule has 0 aromatic heterocycles. The minimum absolute atomic E-state index is 0.275. The predicted molar refractivity (Wildman–Crippen MR) is 52.5 cm³/mol. The summed E-state index contributed by atoms with van der Waals surface area (Å²) >= 11 is 0. The highest BCUT2D eigenvalue weighted by Gasteiger charge is 2.20. The highest BCUT2D eigenvalue weighted by molar-refractivity contribution is 5.37. The fourth-order valence-electron chi connectivity index (χ4n) is 1.62. The number of benzene rings is 1. The van der Waals surface area contributed by atoms with Gasteiger partial charge in [-0.05, 0) is 17.8 Å². The minimum atomic E-state index is 0.275. The molecule has 2 heteroatoms. The number of ether oxygens (including phenoxy) is 1. The number of para-hydroxylation sites is 1. The van der Waals surface area contributed by atoms with Crippen LogP contribution in [-0.2, 0) is 6.42 Å². The Bertz CT molecular complexity index is 295. The van der Waals surface area contributed by atoms with Crippen molar-refractivity contribution < 1.29 is 4.74 Å². The van der Waals surface area contributed by atoms with Crippen LogP contribution in [0.5, 0.6) is 5.75 Å². The molecule has 0 spiro atoms. The van der Waals surface area contributed by atoms with Crippen LogP contribution in [0.25, 0.3) is 0 Å². The maximum Gasteiger partial charge on any atom is 0.123 e. The Morgan fingerprint density at radius 2 is 2.31 bits per heavy atom. The first-order chi connectivity index (χ1) is 6.40.